The molecule has 0 amide bonds. The minimum atomic E-state index is -1.04. The largest absolute Gasteiger partial charge is 0.478 e. The number of aromatic carboxylic acids is 1. The summed E-state index contributed by atoms with van der Waals surface area (Å²) in [6.45, 7) is 5.11. The molecule has 1 saturated heterocycles. The number of ether oxygens (including phenoxy) is 3. The summed E-state index contributed by atoms with van der Waals surface area (Å²) in [6.07, 6.45) is 3.98. The van der Waals surface area contributed by atoms with Crippen molar-refractivity contribution in [1.82, 2.24) is 10.1 Å². The molecule has 1 aliphatic rings. The van der Waals surface area contributed by atoms with Crippen LogP contribution in [0, 0.1) is 0 Å². The molecule has 28 heavy (non-hydrogen) atoms. The number of aromatic nitrogens is 2. The van der Waals surface area contributed by atoms with Crippen LogP contribution in [0.4, 0.5) is 0 Å². The third-order valence-electron chi connectivity index (χ3n) is 3.95. The van der Waals surface area contributed by atoms with Crippen LogP contribution < -0.4 is 4.74 Å². The van der Waals surface area contributed by atoms with Gasteiger partial charge < -0.3 is 28.9 Å². The van der Waals surface area contributed by atoms with E-state index in [9.17, 15) is 9.90 Å². The fraction of sp³-hybridized carbons (Fsp3) is 0.526. The highest BCUT2D eigenvalue weighted by molar-refractivity contribution is 5.87. The number of aliphatic hydroxyl groups excluding tert-OH is 1. The molecule has 3 heterocycles. The zero-order valence-electron chi connectivity index (χ0n) is 15.9. The SMILES string of the molecule is C1COCCO1.CCCCc1noc(CO)c1COc1ccc(C(=O)O)cn1. The van der Waals surface area contributed by atoms with Gasteiger partial charge in [0.2, 0.25) is 5.88 Å². The second-order valence-electron chi connectivity index (χ2n) is 6.00. The molecule has 0 unspecified atom stereocenters. The molecule has 2 aromatic heterocycles. The van der Waals surface area contributed by atoms with Crippen LogP contribution in [0.25, 0.3) is 0 Å². The van der Waals surface area contributed by atoms with E-state index in [1.165, 1.54) is 18.3 Å². The molecule has 0 bridgehead atoms. The van der Waals surface area contributed by atoms with Crippen molar-refractivity contribution in [2.75, 3.05) is 26.4 Å². The first-order valence-electron chi connectivity index (χ1n) is 9.20. The minimum Gasteiger partial charge on any atom is -0.478 e. The summed E-state index contributed by atoms with van der Waals surface area (Å²) in [6, 6.07) is 2.91. The number of carbonyl (C=O) groups is 1. The molecule has 2 aromatic rings. The van der Waals surface area contributed by atoms with Gasteiger partial charge in [0, 0.05) is 12.3 Å². The van der Waals surface area contributed by atoms with Crippen LogP contribution in [0.3, 0.4) is 0 Å². The van der Waals surface area contributed by atoms with Crippen molar-refractivity contribution in [2.24, 2.45) is 0 Å². The summed E-state index contributed by atoms with van der Waals surface area (Å²) in [5, 5.41) is 22.1. The van der Waals surface area contributed by atoms with Gasteiger partial charge in [-0.1, -0.05) is 18.5 Å². The smallest absolute Gasteiger partial charge is 0.337 e. The van der Waals surface area contributed by atoms with Gasteiger partial charge in [0.1, 0.15) is 13.2 Å². The molecule has 2 N–H and O–H groups in total. The number of rotatable bonds is 8. The van der Waals surface area contributed by atoms with Crippen molar-refractivity contribution in [2.45, 2.75) is 39.4 Å². The van der Waals surface area contributed by atoms with Gasteiger partial charge in [0.25, 0.3) is 0 Å². The Bertz CT molecular complexity index is 700. The monoisotopic (exact) mass is 394 g/mol. The lowest BCUT2D eigenvalue weighted by Gasteiger charge is -2.09. The lowest BCUT2D eigenvalue weighted by molar-refractivity contribution is -0.0334. The van der Waals surface area contributed by atoms with Gasteiger partial charge in [-0.3, -0.25) is 0 Å². The highest BCUT2D eigenvalue weighted by Gasteiger charge is 2.16. The maximum absolute atomic E-state index is 10.8. The maximum Gasteiger partial charge on any atom is 0.337 e. The number of pyridine rings is 1. The number of carboxylic acids is 1. The van der Waals surface area contributed by atoms with Crippen LogP contribution in [0.2, 0.25) is 0 Å². The Morgan fingerprint density at radius 3 is 2.43 bits per heavy atom. The van der Waals surface area contributed by atoms with E-state index in [-0.39, 0.29) is 18.8 Å². The van der Waals surface area contributed by atoms with E-state index >= 15 is 0 Å². The minimum absolute atomic E-state index is 0.0945. The zero-order valence-corrected chi connectivity index (χ0v) is 15.9. The van der Waals surface area contributed by atoms with Crippen molar-refractivity contribution in [1.29, 1.82) is 0 Å². The Balaban J connectivity index is 0.000000397. The van der Waals surface area contributed by atoms with E-state index in [1.807, 2.05) is 0 Å². The topological polar surface area (TPSA) is 124 Å². The molecule has 154 valence electrons. The molecular formula is C19H26N2O7. The van der Waals surface area contributed by atoms with Crippen molar-refractivity contribution in [3.63, 3.8) is 0 Å². The predicted octanol–water partition coefficient (Wildman–Crippen LogP) is 2.21. The molecule has 1 fully saturated rings. The normalized spacial score (nSPS) is 13.5. The Hall–Kier alpha value is -2.49. The number of carboxylic acid groups (broad SMARTS) is 1. The molecule has 0 radical (unpaired) electrons. The van der Waals surface area contributed by atoms with E-state index in [0.717, 1.165) is 56.9 Å². The molecule has 9 nitrogen and oxygen atoms in total. The average molecular weight is 394 g/mol. The van der Waals surface area contributed by atoms with Crippen LogP contribution in [-0.4, -0.2) is 52.8 Å². The molecule has 0 aromatic carbocycles. The van der Waals surface area contributed by atoms with Crippen LogP contribution in [0.1, 0.15) is 47.1 Å². The lowest BCUT2D eigenvalue weighted by Crippen LogP contribution is -2.16. The van der Waals surface area contributed by atoms with Crippen molar-refractivity contribution in [3.8, 4) is 5.88 Å². The highest BCUT2D eigenvalue weighted by Crippen LogP contribution is 2.19. The lowest BCUT2D eigenvalue weighted by atomic mass is 10.1. The van der Waals surface area contributed by atoms with E-state index in [4.69, 9.17) is 23.8 Å². The summed E-state index contributed by atoms with van der Waals surface area (Å²) in [5.74, 6) is -0.354. The third kappa shape index (κ3) is 6.91. The number of hydrogen-bond acceptors (Lipinski definition) is 8. The van der Waals surface area contributed by atoms with Crippen LogP contribution in [0.5, 0.6) is 5.88 Å². The quantitative estimate of drug-likeness (QED) is 0.693. The van der Waals surface area contributed by atoms with Gasteiger partial charge in [-0.2, -0.15) is 0 Å². The molecule has 3 rings (SSSR count). The Morgan fingerprint density at radius 2 is 1.93 bits per heavy atom. The average Bonchev–Trinajstić information content (AvgIpc) is 3.14. The molecule has 0 saturated carbocycles. The van der Waals surface area contributed by atoms with E-state index in [2.05, 4.69) is 17.1 Å². The highest BCUT2D eigenvalue weighted by atomic mass is 16.6. The summed E-state index contributed by atoms with van der Waals surface area (Å²) in [4.78, 5) is 14.7. The van der Waals surface area contributed by atoms with Gasteiger partial charge in [-0.25, -0.2) is 9.78 Å². The Morgan fingerprint density at radius 1 is 1.21 bits per heavy atom. The first-order chi connectivity index (χ1) is 13.7. The first kappa shape index (κ1) is 21.8. The molecule has 0 spiro atoms. The molecule has 9 heteroatoms. The molecule has 0 atom stereocenters. The Kier molecular flexibility index (Phi) is 9.40. The van der Waals surface area contributed by atoms with Crippen LogP contribution in [0.15, 0.2) is 22.9 Å². The van der Waals surface area contributed by atoms with Gasteiger partial charge in [0.05, 0.1) is 43.2 Å². The van der Waals surface area contributed by atoms with Gasteiger partial charge in [-0.15, -0.1) is 0 Å². The fourth-order valence-electron chi connectivity index (χ4n) is 2.39. The van der Waals surface area contributed by atoms with Crippen molar-refractivity contribution in [3.05, 3.63) is 40.9 Å². The van der Waals surface area contributed by atoms with E-state index in [1.54, 1.807) is 0 Å². The second-order valence-corrected chi connectivity index (χ2v) is 6.00. The number of aliphatic hydroxyl groups is 1. The van der Waals surface area contributed by atoms with Crippen LogP contribution in [-0.2, 0) is 29.1 Å². The van der Waals surface area contributed by atoms with Gasteiger partial charge in [0.15, 0.2) is 5.76 Å². The summed E-state index contributed by atoms with van der Waals surface area (Å²) < 4.78 is 20.5. The zero-order chi connectivity index (χ0) is 20.2. The number of aryl methyl sites for hydroxylation is 1. The van der Waals surface area contributed by atoms with Gasteiger partial charge >= 0.3 is 5.97 Å². The first-order valence-corrected chi connectivity index (χ1v) is 9.20. The summed E-state index contributed by atoms with van der Waals surface area (Å²) in [5.41, 5.74) is 1.59. The number of hydrogen-bond donors (Lipinski definition) is 2. The summed E-state index contributed by atoms with van der Waals surface area (Å²) >= 11 is 0. The Labute approximate surface area is 163 Å². The number of nitrogens with zero attached hydrogens (tertiary/aromatic N) is 2. The van der Waals surface area contributed by atoms with Crippen molar-refractivity contribution >= 4 is 5.97 Å². The molecule has 1 aliphatic heterocycles. The molecule has 0 aliphatic carbocycles. The maximum atomic E-state index is 10.8. The van der Waals surface area contributed by atoms with E-state index in [0.29, 0.717) is 11.6 Å². The fourth-order valence-corrected chi connectivity index (χ4v) is 2.39. The molecular weight excluding hydrogens is 368 g/mol. The van der Waals surface area contributed by atoms with E-state index < -0.39 is 5.97 Å². The van der Waals surface area contributed by atoms with Crippen LogP contribution >= 0.6 is 0 Å². The third-order valence-corrected chi connectivity index (χ3v) is 3.95. The standard InChI is InChI=1S/C15H18N2O5.C4H8O2/c1-2-3-4-12-11(13(8-18)22-17-12)9-21-14-6-5-10(7-16-14)15(19)20;1-2-6-4-3-5-1/h5-7,18H,2-4,8-9H2,1H3,(H,19,20);1-4H2. The van der Waals surface area contributed by atoms with Gasteiger partial charge in [-0.05, 0) is 18.9 Å². The second kappa shape index (κ2) is 12.1. The summed E-state index contributed by atoms with van der Waals surface area (Å²) in [7, 11) is 0. The predicted molar refractivity (Wildman–Crippen MR) is 98.2 cm³/mol. The number of unbranched alkanes of at least 4 members (excludes halogenated alkanes) is 1. The van der Waals surface area contributed by atoms with Crippen molar-refractivity contribution < 1.29 is 33.7 Å².